The molecule has 0 aromatic carbocycles. The number of allylic oxidation sites excluding steroid dienone is 1. The summed E-state index contributed by atoms with van der Waals surface area (Å²) < 4.78 is 3.15. The summed E-state index contributed by atoms with van der Waals surface area (Å²) in [4.78, 5) is 8.69. The highest BCUT2D eigenvalue weighted by atomic mass is 32.1. The summed E-state index contributed by atoms with van der Waals surface area (Å²) in [6.07, 6.45) is 4.54. The van der Waals surface area contributed by atoms with E-state index in [1.807, 2.05) is 0 Å². The molecule has 3 heterocycles. The van der Waals surface area contributed by atoms with Gasteiger partial charge in [0.1, 0.15) is 12.0 Å². The Morgan fingerprint density at radius 1 is 1.48 bits per heavy atom. The molecule has 0 radical (unpaired) electrons. The Kier molecular flexibility index (Phi) is 3.26. The second kappa shape index (κ2) is 5.10. The molecular formula is C14H13N5OS. The Balaban J connectivity index is 2.13. The van der Waals surface area contributed by atoms with Crippen molar-refractivity contribution in [2.24, 2.45) is 0 Å². The summed E-state index contributed by atoms with van der Waals surface area (Å²) in [6, 6.07) is 0. The number of hydrogen-bond donors (Lipinski definition) is 2. The summed E-state index contributed by atoms with van der Waals surface area (Å²) >= 11 is 1.37. The molecule has 2 aliphatic rings. The fourth-order valence-electron chi connectivity index (χ4n) is 2.12. The molecule has 0 amide bonds. The van der Waals surface area contributed by atoms with E-state index in [1.165, 1.54) is 17.6 Å². The summed E-state index contributed by atoms with van der Waals surface area (Å²) in [7, 11) is 0. The van der Waals surface area contributed by atoms with Crippen molar-refractivity contribution in [2.75, 3.05) is 0 Å². The third kappa shape index (κ3) is 2.21. The van der Waals surface area contributed by atoms with Crippen molar-refractivity contribution in [3.63, 3.8) is 0 Å². The number of aliphatic hydroxyl groups excluding tert-OH is 1. The molecular weight excluding hydrogens is 286 g/mol. The first kappa shape index (κ1) is 13.4. The molecule has 106 valence electrons. The fraction of sp³-hybridized carbons (Fsp3) is 0.143. The van der Waals surface area contributed by atoms with Gasteiger partial charge < -0.3 is 10.5 Å². The molecule has 1 aromatic heterocycles. The van der Waals surface area contributed by atoms with E-state index in [1.54, 1.807) is 10.9 Å². The van der Waals surface area contributed by atoms with Crippen LogP contribution in [0.1, 0.15) is 6.42 Å². The standard InChI is InChI=1S/C14H13N5OS/c1-8(3-4-15)6-19-9(2)12-10(5-16-19)13-14(18-12)17-11(7-20)21-13/h4-5,7,15,20H,1-3,6H2. The van der Waals surface area contributed by atoms with Crippen LogP contribution in [0.5, 0.6) is 0 Å². The zero-order valence-electron chi connectivity index (χ0n) is 11.2. The molecule has 0 unspecified atom stereocenters. The smallest absolute Gasteiger partial charge is 0.172 e. The number of aromatic nitrogens is 4. The van der Waals surface area contributed by atoms with Gasteiger partial charge in [0.2, 0.25) is 0 Å². The quantitative estimate of drug-likeness (QED) is 0.561. The highest BCUT2D eigenvalue weighted by molar-refractivity contribution is 7.17. The van der Waals surface area contributed by atoms with Crippen molar-refractivity contribution in [3.05, 3.63) is 28.4 Å². The maximum atomic E-state index is 9.01. The topological polar surface area (TPSA) is 87.7 Å². The summed E-state index contributed by atoms with van der Waals surface area (Å²) in [5.74, 6) is 0. The summed E-state index contributed by atoms with van der Waals surface area (Å²) in [6.45, 7) is 8.46. The van der Waals surface area contributed by atoms with Crippen LogP contribution in [-0.2, 0) is 6.54 Å². The molecule has 7 heteroatoms. The number of aliphatic hydroxyl groups is 1. The molecule has 1 aromatic rings. The summed E-state index contributed by atoms with van der Waals surface area (Å²) in [5, 5.41) is 21.2. The van der Waals surface area contributed by atoms with Crippen molar-refractivity contribution in [2.45, 2.75) is 13.0 Å². The molecule has 0 saturated heterocycles. The number of hydrogen-bond acceptors (Lipinski definition) is 6. The average Bonchev–Trinajstić information content (AvgIpc) is 3.00. The van der Waals surface area contributed by atoms with E-state index in [9.17, 15) is 0 Å². The third-order valence-electron chi connectivity index (χ3n) is 3.13. The molecule has 21 heavy (non-hydrogen) atoms. The number of nitrogens with zero attached hydrogens (tertiary/aromatic N) is 4. The van der Waals surface area contributed by atoms with Crippen molar-refractivity contribution in [1.82, 2.24) is 19.7 Å². The lowest BCUT2D eigenvalue weighted by Gasteiger charge is -2.09. The lowest BCUT2D eigenvalue weighted by molar-refractivity contribution is 0.540. The van der Waals surface area contributed by atoms with E-state index in [4.69, 9.17) is 10.5 Å². The normalized spacial score (nSPS) is 12.3. The van der Waals surface area contributed by atoms with Gasteiger partial charge in [0, 0.05) is 12.0 Å². The Morgan fingerprint density at radius 2 is 2.29 bits per heavy atom. The van der Waals surface area contributed by atoms with Crippen molar-refractivity contribution < 1.29 is 5.11 Å². The van der Waals surface area contributed by atoms with Crippen LogP contribution in [0, 0.1) is 5.41 Å². The van der Waals surface area contributed by atoms with Gasteiger partial charge in [-0.2, -0.15) is 5.10 Å². The van der Waals surface area contributed by atoms with Crippen LogP contribution in [0.15, 0.2) is 18.3 Å². The molecule has 2 N–H and O–H groups in total. The second-order valence-corrected chi connectivity index (χ2v) is 5.65. The largest absolute Gasteiger partial charge is 0.512 e. The predicted molar refractivity (Wildman–Crippen MR) is 84.2 cm³/mol. The highest BCUT2D eigenvalue weighted by Gasteiger charge is 2.17. The van der Waals surface area contributed by atoms with E-state index >= 15 is 0 Å². The SMILES string of the molecule is C=C(CC=N)Cn1ncc2c3sc(=CO)nc3nc-2c1=C. The van der Waals surface area contributed by atoms with Gasteiger partial charge in [-0.05, 0) is 6.21 Å². The molecule has 0 aliphatic carbocycles. The van der Waals surface area contributed by atoms with Crippen molar-refractivity contribution in [3.8, 4) is 11.3 Å². The number of nitrogens with one attached hydrogen (secondary N) is 1. The van der Waals surface area contributed by atoms with E-state index < -0.39 is 0 Å². The minimum Gasteiger partial charge on any atom is -0.512 e. The van der Waals surface area contributed by atoms with Crippen molar-refractivity contribution >= 4 is 40.7 Å². The first-order valence-electron chi connectivity index (χ1n) is 6.25. The van der Waals surface area contributed by atoms with Crippen LogP contribution in [0.25, 0.3) is 34.4 Å². The lowest BCUT2D eigenvalue weighted by Crippen LogP contribution is -2.25. The molecule has 3 rings (SSSR count). The second-order valence-electron chi connectivity index (χ2n) is 4.62. The zero-order valence-corrected chi connectivity index (χ0v) is 12.0. The minimum absolute atomic E-state index is 0.508. The molecule has 0 fully saturated rings. The van der Waals surface area contributed by atoms with Gasteiger partial charge in [-0.25, -0.2) is 9.97 Å². The van der Waals surface area contributed by atoms with E-state index in [0.29, 0.717) is 28.6 Å². The summed E-state index contributed by atoms with van der Waals surface area (Å²) in [5.41, 5.74) is 3.12. The molecule has 6 nitrogen and oxygen atoms in total. The van der Waals surface area contributed by atoms with Gasteiger partial charge in [-0.15, -0.1) is 11.3 Å². The Hall–Kier alpha value is -2.54. The van der Waals surface area contributed by atoms with Gasteiger partial charge in [-0.3, -0.25) is 4.68 Å². The lowest BCUT2D eigenvalue weighted by atomic mass is 10.2. The first-order chi connectivity index (χ1) is 10.1. The molecule has 0 spiro atoms. The van der Waals surface area contributed by atoms with Gasteiger partial charge in [0.15, 0.2) is 10.3 Å². The van der Waals surface area contributed by atoms with E-state index in [2.05, 4.69) is 28.2 Å². The van der Waals surface area contributed by atoms with Gasteiger partial charge in [0.05, 0.1) is 22.8 Å². The average molecular weight is 299 g/mol. The maximum absolute atomic E-state index is 9.01. The van der Waals surface area contributed by atoms with Gasteiger partial charge in [0.25, 0.3) is 0 Å². The van der Waals surface area contributed by atoms with Crippen LogP contribution < -0.4 is 10.0 Å². The van der Waals surface area contributed by atoms with Crippen molar-refractivity contribution in [1.29, 1.82) is 5.41 Å². The number of fused-ring (bicyclic) bond motifs is 3. The monoisotopic (exact) mass is 299 g/mol. The predicted octanol–water partition coefficient (Wildman–Crippen LogP) is 1.29. The van der Waals surface area contributed by atoms with E-state index in [0.717, 1.165) is 27.8 Å². The molecule has 0 saturated carbocycles. The fourth-order valence-corrected chi connectivity index (χ4v) is 2.96. The Morgan fingerprint density at radius 3 is 3.00 bits per heavy atom. The van der Waals surface area contributed by atoms with Gasteiger partial charge >= 0.3 is 0 Å². The highest BCUT2D eigenvalue weighted by Crippen LogP contribution is 2.28. The third-order valence-corrected chi connectivity index (χ3v) is 4.14. The molecule has 0 bridgehead atoms. The zero-order chi connectivity index (χ0) is 15.0. The van der Waals surface area contributed by atoms with Crippen LogP contribution in [0.2, 0.25) is 0 Å². The van der Waals surface area contributed by atoms with Gasteiger partial charge in [-0.1, -0.05) is 18.7 Å². The van der Waals surface area contributed by atoms with E-state index in [-0.39, 0.29) is 0 Å². The van der Waals surface area contributed by atoms with Crippen LogP contribution in [0.4, 0.5) is 0 Å². The number of thiazole rings is 1. The van der Waals surface area contributed by atoms with Crippen LogP contribution >= 0.6 is 11.3 Å². The molecule has 0 atom stereocenters. The minimum atomic E-state index is 0.508. The first-order valence-corrected chi connectivity index (χ1v) is 7.06. The maximum Gasteiger partial charge on any atom is 0.172 e. The number of rotatable bonds is 4. The van der Waals surface area contributed by atoms with Crippen LogP contribution in [0.3, 0.4) is 0 Å². The van der Waals surface area contributed by atoms with Crippen LogP contribution in [-0.4, -0.2) is 31.1 Å². The Bertz CT molecular complexity index is 923. The Labute approximate surface area is 124 Å². The molecule has 2 aliphatic heterocycles.